The van der Waals surface area contributed by atoms with E-state index in [0.717, 1.165) is 11.1 Å². The number of thiophene rings is 1. The van der Waals surface area contributed by atoms with Crippen molar-refractivity contribution in [2.75, 3.05) is 0 Å². The lowest BCUT2D eigenvalue weighted by atomic mass is 10.1. The summed E-state index contributed by atoms with van der Waals surface area (Å²) < 4.78 is 5.23. The molecule has 2 aromatic heterocycles. The van der Waals surface area contributed by atoms with E-state index in [1.165, 1.54) is 11.3 Å². The molecule has 3 aromatic rings. The number of halogens is 1. The number of carbonyl (C=O) groups is 1. The fraction of sp³-hybridized carbons (Fsp3) is 0.0625. The molecule has 116 valence electrons. The third kappa shape index (κ3) is 3.85. The molecule has 0 radical (unpaired) electrons. The van der Waals surface area contributed by atoms with Gasteiger partial charge in [-0.15, -0.1) is 0 Å². The molecule has 0 aliphatic rings. The predicted octanol–water partition coefficient (Wildman–Crippen LogP) is 4.47. The van der Waals surface area contributed by atoms with E-state index in [9.17, 15) is 4.79 Å². The molecule has 0 aliphatic carbocycles. The zero-order valence-electron chi connectivity index (χ0n) is 11.8. The fourth-order valence-electron chi connectivity index (χ4n) is 2.01. The number of hydrogen-bond donors (Lipinski definition) is 1. The highest BCUT2D eigenvalue weighted by molar-refractivity contribution is 7.08. The average molecular weight is 347 g/mol. The molecule has 0 unspecified atom stereocenters. The second-order valence-corrected chi connectivity index (χ2v) is 5.95. The van der Waals surface area contributed by atoms with E-state index in [0.29, 0.717) is 16.4 Å². The summed E-state index contributed by atoms with van der Waals surface area (Å²) in [6.07, 6.45) is 1.46. The number of aliphatic carboxylic acids is 1. The van der Waals surface area contributed by atoms with E-state index in [2.05, 4.69) is 10.1 Å². The van der Waals surface area contributed by atoms with Gasteiger partial charge in [0.25, 0.3) is 5.89 Å². The zero-order valence-corrected chi connectivity index (χ0v) is 13.3. The van der Waals surface area contributed by atoms with Crippen LogP contribution in [0.5, 0.6) is 0 Å². The first kappa shape index (κ1) is 15.5. The molecule has 0 bridgehead atoms. The van der Waals surface area contributed by atoms with Crippen LogP contribution in [0.15, 0.2) is 45.6 Å². The summed E-state index contributed by atoms with van der Waals surface area (Å²) in [5.74, 6) is -0.356. The average Bonchev–Trinajstić information content (AvgIpc) is 3.17. The van der Waals surface area contributed by atoms with Crippen LogP contribution in [0.25, 0.3) is 23.0 Å². The molecule has 1 aromatic carbocycles. The molecule has 0 saturated heterocycles. The van der Waals surface area contributed by atoms with Crippen molar-refractivity contribution in [3.63, 3.8) is 0 Å². The van der Waals surface area contributed by atoms with Crippen LogP contribution in [0.3, 0.4) is 0 Å². The van der Waals surface area contributed by atoms with E-state index in [1.807, 2.05) is 22.9 Å². The Balaban J connectivity index is 1.98. The van der Waals surface area contributed by atoms with E-state index < -0.39 is 5.97 Å². The first-order chi connectivity index (χ1) is 11.1. The molecule has 3 rings (SSSR count). The van der Waals surface area contributed by atoms with Gasteiger partial charge in [-0.3, -0.25) is 4.79 Å². The van der Waals surface area contributed by atoms with Crippen molar-refractivity contribution in [2.45, 2.75) is 6.42 Å². The van der Waals surface area contributed by atoms with Crippen LogP contribution >= 0.6 is 22.9 Å². The molecule has 2 heterocycles. The van der Waals surface area contributed by atoms with Crippen LogP contribution in [0, 0.1) is 0 Å². The van der Waals surface area contributed by atoms with Gasteiger partial charge in [-0.05, 0) is 35.2 Å². The standard InChI is InChI=1S/C16H11ClN2O3S/c17-13-3-1-2-10(7-13)6-12(8-14(20)21)16-18-15(19-22-16)11-4-5-23-9-11/h1-7,9H,8H2,(H,20,21)/b12-6+. The van der Waals surface area contributed by atoms with Gasteiger partial charge in [0.1, 0.15) is 0 Å². The Bertz CT molecular complexity index is 856. The first-order valence-electron chi connectivity index (χ1n) is 6.66. The maximum Gasteiger partial charge on any atom is 0.308 e. The summed E-state index contributed by atoms with van der Waals surface area (Å²) in [5, 5.41) is 17.4. The van der Waals surface area contributed by atoms with Gasteiger partial charge in [0.2, 0.25) is 5.82 Å². The molecule has 0 amide bonds. The maximum atomic E-state index is 11.1. The van der Waals surface area contributed by atoms with E-state index in [-0.39, 0.29) is 12.3 Å². The van der Waals surface area contributed by atoms with Gasteiger partial charge in [0, 0.05) is 21.5 Å². The second kappa shape index (κ2) is 6.76. The molecule has 0 atom stereocenters. The largest absolute Gasteiger partial charge is 0.481 e. The lowest BCUT2D eigenvalue weighted by molar-refractivity contribution is -0.135. The Morgan fingerprint density at radius 2 is 2.26 bits per heavy atom. The molecule has 7 heteroatoms. The van der Waals surface area contributed by atoms with Crippen molar-refractivity contribution in [3.05, 3.63) is 57.6 Å². The third-order valence-corrected chi connectivity index (χ3v) is 3.93. The second-order valence-electron chi connectivity index (χ2n) is 4.73. The molecule has 23 heavy (non-hydrogen) atoms. The van der Waals surface area contributed by atoms with Crippen molar-refractivity contribution in [3.8, 4) is 11.4 Å². The molecule has 0 spiro atoms. The fourth-order valence-corrected chi connectivity index (χ4v) is 2.84. The van der Waals surface area contributed by atoms with Crippen LogP contribution in [0.4, 0.5) is 0 Å². The van der Waals surface area contributed by atoms with Crippen molar-refractivity contribution < 1.29 is 14.4 Å². The van der Waals surface area contributed by atoms with E-state index in [1.54, 1.807) is 24.3 Å². The van der Waals surface area contributed by atoms with Crippen LogP contribution < -0.4 is 0 Å². The molecular weight excluding hydrogens is 336 g/mol. The summed E-state index contributed by atoms with van der Waals surface area (Å²) in [4.78, 5) is 15.4. The lowest BCUT2D eigenvalue weighted by Gasteiger charge is -2.00. The minimum atomic E-state index is -0.978. The molecule has 0 fully saturated rings. The topological polar surface area (TPSA) is 76.2 Å². The zero-order chi connectivity index (χ0) is 16.2. The van der Waals surface area contributed by atoms with Gasteiger partial charge >= 0.3 is 5.97 Å². The van der Waals surface area contributed by atoms with Gasteiger partial charge in [-0.2, -0.15) is 16.3 Å². The highest BCUT2D eigenvalue weighted by Gasteiger charge is 2.16. The number of benzene rings is 1. The Kier molecular flexibility index (Phi) is 4.55. The Hall–Kier alpha value is -2.44. The highest BCUT2D eigenvalue weighted by atomic mass is 35.5. The minimum absolute atomic E-state index is 0.188. The summed E-state index contributed by atoms with van der Waals surface area (Å²) in [5.41, 5.74) is 2.03. The summed E-state index contributed by atoms with van der Waals surface area (Å²) >= 11 is 7.48. The lowest BCUT2D eigenvalue weighted by Crippen LogP contribution is -1.97. The number of hydrogen-bond acceptors (Lipinski definition) is 5. The van der Waals surface area contributed by atoms with Crippen molar-refractivity contribution in [1.82, 2.24) is 10.1 Å². The Labute approximate surface area is 140 Å². The van der Waals surface area contributed by atoms with E-state index in [4.69, 9.17) is 21.2 Å². The molecule has 5 nitrogen and oxygen atoms in total. The smallest absolute Gasteiger partial charge is 0.308 e. The number of rotatable bonds is 5. The Morgan fingerprint density at radius 3 is 2.96 bits per heavy atom. The molecule has 1 N–H and O–H groups in total. The van der Waals surface area contributed by atoms with Crippen LogP contribution in [-0.2, 0) is 4.79 Å². The van der Waals surface area contributed by atoms with Crippen molar-refractivity contribution >= 4 is 40.6 Å². The van der Waals surface area contributed by atoms with Crippen molar-refractivity contribution in [2.24, 2.45) is 0 Å². The predicted molar refractivity (Wildman–Crippen MR) is 89.2 cm³/mol. The monoisotopic (exact) mass is 346 g/mol. The summed E-state index contributed by atoms with van der Waals surface area (Å²) in [6, 6.07) is 8.97. The number of carboxylic acid groups (broad SMARTS) is 1. The number of aromatic nitrogens is 2. The minimum Gasteiger partial charge on any atom is -0.481 e. The highest BCUT2D eigenvalue weighted by Crippen LogP contribution is 2.25. The van der Waals surface area contributed by atoms with Gasteiger partial charge in [0.05, 0.1) is 6.42 Å². The maximum absolute atomic E-state index is 11.1. The van der Waals surface area contributed by atoms with Gasteiger partial charge in [-0.1, -0.05) is 28.9 Å². The number of carboxylic acids is 1. The number of nitrogens with zero attached hydrogens (tertiary/aromatic N) is 2. The molecule has 0 saturated carbocycles. The quantitative estimate of drug-likeness (QED) is 0.737. The van der Waals surface area contributed by atoms with E-state index >= 15 is 0 Å². The normalized spacial score (nSPS) is 11.6. The van der Waals surface area contributed by atoms with Crippen LogP contribution in [-0.4, -0.2) is 21.2 Å². The van der Waals surface area contributed by atoms with Gasteiger partial charge < -0.3 is 9.63 Å². The van der Waals surface area contributed by atoms with Gasteiger partial charge in [0.15, 0.2) is 0 Å². The van der Waals surface area contributed by atoms with Crippen molar-refractivity contribution in [1.29, 1.82) is 0 Å². The SMILES string of the molecule is O=C(O)C/C(=C\c1cccc(Cl)c1)c1nc(-c2ccsc2)no1. The van der Waals surface area contributed by atoms with Crippen LogP contribution in [0.1, 0.15) is 17.9 Å². The third-order valence-electron chi connectivity index (χ3n) is 3.01. The van der Waals surface area contributed by atoms with Gasteiger partial charge in [-0.25, -0.2) is 0 Å². The van der Waals surface area contributed by atoms with Crippen LogP contribution in [0.2, 0.25) is 5.02 Å². The molecule has 0 aliphatic heterocycles. The summed E-state index contributed by atoms with van der Waals surface area (Å²) in [7, 11) is 0. The Morgan fingerprint density at radius 1 is 1.39 bits per heavy atom. The summed E-state index contributed by atoms with van der Waals surface area (Å²) in [6.45, 7) is 0. The first-order valence-corrected chi connectivity index (χ1v) is 7.98. The molecular formula is C16H11ClN2O3S.